The number of sulfonamides is 1. The fraction of sp³-hybridized carbons (Fsp3) is 0.0455. The second-order valence-corrected chi connectivity index (χ2v) is 9.93. The van der Waals surface area contributed by atoms with E-state index in [0.717, 1.165) is 27.4 Å². The Morgan fingerprint density at radius 2 is 1.53 bits per heavy atom. The van der Waals surface area contributed by atoms with Gasteiger partial charge in [-0.15, -0.1) is 11.3 Å². The number of nitrogens with zero attached hydrogens (tertiary/aromatic N) is 3. The van der Waals surface area contributed by atoms with E-state index in [2.05, 4.69) is 25.0 Å². The molecular formula is C22H16FN5O2S2. The lowest BCUT2D eigenvalue weighted by Gasteiger charge is -2.14. The molecule has 2 aromatic heterocycles. The average molecular weight is 466 g/mol. The minimum atomic E-state index is -4.01. The Labute approximate surface area is 187 Å². The van der Waals surface area contributed by atoms with Gasteiger partial charge in [0, 0.05) is 5.69 Å². The summed E-state index contributed by atoms with van der Waals surface area (Å²) in [6.45, 7) is 1.94. The maximum absolute atomic E-state index is 13.2. The third kappa shape index (κ3) is 3.97. The first kappa shape index (κ1) is 20.3. The number of thiazole rings is 1. The summed E-state index contributed by atoms with van der Waals surface area (Å²) in [6.07, 6.45) is 0. The van der Waals surface area contributed by atoms with E-state index in [-0.39, 0.29) is 16.5 Å². The SMILES string of the molecule is Cc1nc2ccc(Nc3nc4ccccc4nc3NS(=O)(=O)c3ccc(F)cc3)cc2s1. The molecule has 3 aromatic carbocycles. The van der Waals surface area contributed by atoms with Crippen LogP contribution in [0.4, 0.5) is 21.7 Å². The predicted molar refractivity (Wildman–Crippen MR) is 124 cm³/mol. The molecule has 0 amide bonds. The Morgan fingerprint density at radius 1 is 0.844 bits per heavy atom. The minimum Gasteiger partial charge on any atom is -0.337 e. The molecule has 2 heterocycles. The molecule has 2 N–H and O–H groups in total. The van der Waals surface area contributed by atoms with Crippen LogP contribution in [0.3, 0.4) is 0 Å². The summed E-state index contributed by atoms with van der Waals surface area (Å²) in [4.78, 5) is 13.4. The van der Waals surface area contributed by atoms with E-state index >= 15 is 0 Å². The normalized spacial score (nSPS) is 11.7. The number of aryl methyl sites for hydroxylation is 1. The molecule has 7 nitrogen and oxygen atoms in total. The molecule has 5 aromatic rings. The van der Waals surface area contributed by atoms with E-state index in [0.29, 0.717) is 16.7 Å². The number of fused-ring (bicyclic) bond motifs is 2. The summed E-state index contributed by atoms with van der Waals surface area (Å²) in [5.41, 5.74) is 2.74. The molecule has 160 valence electrons. The van der Waals surface area contributed by atoms with Crippen molar-refractivity contribution in [1.29, 1.82) is 0 Å². The van der Waals surface area contributed by atoms with Crippen LogP contribution in [0, 0.1) is 12.7 Å². The molecule has 0 radical (unpaired) electrons. The first-order chi connectivity index (χ1) is 15.4. The number of anilines is 3. The summed E-state index contributed by atoms with van der Waals surface area (Å²) < 4.78 is 42.5. The quantitative estimate of drug-likeness (QED) is 0.369. The molecule has 0 bridgehead atoms. The van der Waals surface area contributed by atoms with Crippen molar-refractivity contribution in [1.82, 2.24) is 15.0 Å². The second-order valence-electron chi connectivity index (χ2n) is 7.01. The van der Waals surface area contributed by atoms with Crippen LogP contribution in [0.5, 0.6) is 0 Å². The van der Waals surface area contributed by atoms with Gasteiger partial charge in [0.05, 0.1) is 31.2 Å². The van der Waals surface area contributed by atoms with Crippen LogP contribution in [-0.2, 0) is 10.0 Å². The fourth-order valence-electron chi connectivity index (χ4n) is 3.21. The molecule has 0 aliphatic rings. The number of benzene rings is 3. The molecule has 0 aliphatic carbocycles. The molecule has 5 rings (SSSR count). The van der Waals surface area contributed by atoms with Crippen molar-refractivity contribution in [3.05, 3.63) is 77.6 Å². The average Bonchev–Trinajstić information content (AvgIpc) is 3.13. The topological polar surface area (TPSA) is 96.9 Å². The number of hydrogen-bond donors (Lipinski definition) is 2. The molecule has 0 saturated heterocycles. The highest BCUT2D eigenvalue weighted by Gasteiger charge is 2.19. The largest absolute Gasteiger partial charge is 0.337 e. The molecule has 0 aliphatic heterocycles. The van der Waals surface area contributed by atoms with Gasteiger partial charge in [-0.1, -0.05) is 12.1 Å². The van der Waals surface area contributed by atoms with Crippen LogP contribution in [-0.4, -0.2) is 23.4 Å². The number of hydrogen-bond acceptors (Lipinski definition) is 7. The van der Waals surface area contributed by atoms with Crippen LogP contribution >= 0.6 is 11.3 Å². The van der Waals surface area contributed by atoms with Gasteiger partial charge in [0.25, 0.3) is 10.0 Å². The smallest absolute Gasteiger partial charge is 0.263 e. The lowest BCUT2D eigenvalue weighted by molar-refractivity contribution is 0.599. The van der Waals surface area contributed by atoms with Crippen LogP contribution in [0.25, 0.3) is 21.3 Å². The van der Waals surface area contributed by atoms with Gasteiger partial charge in [-0.2, -0.15) is 0 Å². The Morgan fingerprint density at radius 3 is 2.25 bits per heavy atom. The van der Waals surface area contributed by atoms with E-state index in [9.17, 15) is 12.8 Å². The van der Waals surface area contributed by atoms with Crippen molar-refractivity contribution in [3.8, 4) is 0 Å². The van der Waals surface area contributed by atoms with E-state index in [4.69, 9.17) is 0 Å². The maximum atomic E-state index is 13.2. The van der Waals surface area contributed by atoms with Crippen molar-refractivity contribution < 1.29 is 12.8 Å². The summed E-state index contributed by atoms with van der Waals surface area (Å²) in [5.74, 6) is -0.242. The summed E-state index contributed by atoms with van der Waals surface area (Å²) in [5, 5.41) is 4.12. The van der Waals surface area contributed by atoms with Gasteiger partial charge < -0.3 is 5.32 Å². The zero-order chi connectivity index (χ0) is 22.3. The summed E-state index contributed by atoms with van der Waals surface area (Å²) in [6, 6.07) is 17.4. The van der Waals surface area contributed by atoms with Gasteiger partial charge in [-0.05, 0) is 61.5 Å². The molecule has 0 saturated carbocycles. The standard InChI is InChI=1S/C22H16FN5O2S2/c1-13-24-19-11-8-15(12-20(19)31-13)25-21-22(27-18-5-3-2-4-17(18)26-21)28-32(29,30)16-9-6-14(23)7-10-16/h2-12H,1H3,(H,25,26)(H,27,28). The lowest BCUT2D eigenvalue weighted by atomic mass is 10.3. The van der Waals surface area contributed by atoms with E-state index in [1.54, 1.807) is 29.5 Å². The third-order valence-electron chi connectivity index (χ3n) is 4.68. The van der Waals surface area contributed by atoms with Gasteiger partial charge in [0.2, 0.25) is 0 Å². The van der Waals surface area contributed by atoms with Gasteiger partial charge in [-0.25, -0.2) is 27.8 Å². The molecule has 0 fully saturated rings. The molecule has 0 spiro atoms. The highest BCUT2D eigenvalue weighted by atomic mass is 32.2. The maximum Gasteiger partial charge on any atom is 0.263 e. The van der Waals surface area contributed by atoms with E-state index in [1.807, 2.05) is 31.2 Å². The Hall–Kier alpha value is -3.63. The Balaban J connectivity index is 1.57. The number of halogens is 1. The van der Waals surface area contributed by atoms with Crippen molar-refractivity contribution in [3.63, 3.8) is 0 Å². The van der Waals surface area contributed by atoms with Crippen molar-refractivity contribution >= 4 is 59.9 Å². The van der Waals surface area contributed by atoms with Gasteiger partial charge in [-0.3, -0.25) is 4.72 Å². The highest BCUT2D eigenvalue weighted by molar-refractivity contribution is 7.92. The highest BCUT2D eigenvalue weighted by Crippen LogP contribution is 2.30. The van der Waals surface area contributed by atoms with Gasteiger partial charge in [0.1, 0.15) is 5.82 Å². The van der Waals surface area contributed by atoms with Crippen molar-refractivity contribution in [2.75, 3.05) is 10.0 Å². The lowest BCUT2D eigenvalue weighted by Crippen LogP contribution is -2.16. The third-order valence-corrected chi connectivity index (χ3v) is 6.97. The number of rotatable bonds is 5. The van der Waals surface area contributed by atoms with Crippen molar-refractivity contribution in [2.45, 2.75) is 11.8 Å². The predicted octanol–water partition coefficient (Wildman–Crippen LogP) is 5.23. The van der Waals surface area contributed by atoms with Crippen LogP contribution in [0.2, 0.25) is 0 Å². The fourth-order valence-corrected chi connectivity index (χ4v) is 5.09. The van der Waals surface area contributed by atoms with Crippen LogP contribution < -0.4 is 10.0 Å². The first-order valence-corrected chi connectivity index (χ1v) is 11.9. The van der Waals surface area contributed by atoms with Crippen molar-refractivity contribution in [2.24, 2.45) is 0 Å². The second kappa shape index (κ2) is 7.81. The number of aromatic nitrogens is 3. The Bertz CT molecular complexity index is 1570. The zero-order valence-corrected chi connectivity index (χ0v) is 18.3. The monoisotopic (exact) mass is 465 g/mol. The number of para-hydroxylation sites is 2. The molecular weight excluding hydrogens is 449 g/mol. The van der Waals surface area contributed by atoms with Gasteiger partial charge >= 0.3 is 0 Å². The first-order valence-electron chi connectivity index (χ1n) is 9.57. The number of nitrogens with one attached hydrogen (secondary N) is 2. The molecule has 0 atom stereocenters. The van der Waals surface area contributed by atoms with Crippen LogP contribution in [0.1, 0.15) is 5.01 Å². The van der Waals surface area contributed by atoms with Gasteiger partial charge in [0.15, 0.2) is 11.6 Å². The summed E-state index contributed by atoms with van der Waals surface area (Å²) >= 11 is 1.56. The van der Waals surface area contributed by atoms with Crippen LogP contribution in [0.15, 0.2) is 71.6 Å². The van der Waals surface area contributed by atoms with E-state index < -0.39 is 15.8 Å². The Kier molecular flexibility index (Phi) is 4.95. The molecule has 0 unspecified atom stereocenters. The van der Waals surface area contributed by atoms with E-state index in [1.165, 1.54) is 12.1 Å². The minimum absolute atomic E-state index is 0.0357. The summed E-state index contributed by atoms with van der Waals surface area (Å²) in [7, 11) is -4.01. The molecule has 10 heteroatoms. The zero-order valence-electron chi connectivity index (χ0n) is 16.7. The molecule has 32 heavy (non-hydrogen) atoms.